The van der Waals surface area contributed by atoms with E-state index in [-0.39, 0.29) is 6.10 Å². The highest BCUT2D eigenvalue weighted by Crippen LogP contribution is 2.39. The Balaban J connectivity index is 1.67. The Morgan fingerprint density at radius 2 is 1.85 bits per heavy atom. The number of rotatable bonds is 4. The van der Waals surface area contributed by atoms with Crippen LogP contribution in [0.25, 0.3) is 0 Å². The molecule has 0 aromatic heterocycles. The topological polar surface area (TPSA) is 41.5 Å². The molecule has 3 heteroatoms. The number of ether oxygens (including phenoxy) is 1. The first-order chi connectivity index (χ1) is 9.31. The monoisotopic (exact) mass is 283 g/mol. The molecule has 1 saturated carbocycles. The summed E-state index contributed by atoms with van der Waals surface area (Å²) in [4.78, 5) is 0. The van der Waals surface area contributed by atoms with Crippen LogP contribution < -0.4 is 5.32 Å². The molecular weight excluding hydrogens is 250 g/mol. The van der Waals surface area contributed by atoms with Crippen molar-refractivity contribution >= 4 is 0 Å². The second-order valence-corrected chi connectivity index (χ2v) is 8.08. The standard InChI is InChI=1S/C17H33NO2/c1-13-17(19,9-10-20-13)12-18-11-14-5-7-15(8-6-14)16(2,3)4/h13-15,18-19H,5-12H2,1-4H3. The zero-order valence-electron chi connectivity index (χ0n) is 13.7. The lowest BCUT2D eigenvalue weighted by Gasteiger charge is -2.37. The van der Waals surface area contributed by atoms with Crippen LogP contribution in [-0.2, 0) is 4.74 Å². The molecule has 20 heavy (non-hydrogen) atoms. The molecule has 118 valence electrons. The molecule has 0 bridgehead atoms. The van der Waals surface area contributed by atoms with E-state index in [4.69, 9.17) is 4.74 Å². The molecule has 0 spiro atoms. The molecule has 2 rings (SSSR count). The Kier molecular flexibility index (Phi) is 5.14. The van der Waals surface area contributed by atoms with Crippen molar-refractivity contribution in [2.24, 2.45) is 17.3 Å². The molecule has 1 aliphatic carbocycles. The minimum atomic E-state index is -0.650. The van der Waals surface area contributed by atoms with Gasteiger partial charge in [0, 0.05) is 19.6 Å². The van der Waals surface area contributed by atoms with Crippen molar-refractivity contribution in [3.8, 4) is 0 Å². The molecule has 1 heterocycles. The van der Waals surface area contributed by atoms with Gasteiger partial charge in [0.05, 0.1) is 6.10 Å². The fraction of sp³-hybridized carbons (Fsp3) is 1.00. The zero-order chi connectivity index (χ0) is 14.8. The van der Waals surface area contributed by atoms with Gasteiger partial charge in [-0.3, -0.25) is 0 Å². The van der Waals surface area contributed by atoms with Crippen LogP contribution in [0.15, 0.2) is 0 Å². The minimum absolute atomic E-state index is 0.0355. The van der Waals surface area contributed by atoms with Crippen molar-refractivity contribution in [3.05, 3.63) is 0 Å². The summed E-state index contributed by atoms with van der Waals surface area (Å²) in [6.45, 7) is 11.5. The predicted molar refractivity (Wildman–Crippen MR) is 82.8 cm³/mol. The molecule has 1 aliphatic heterocycles. The lowest BCUT2D eigenvalue weighted by Crippen LogP contribution is -2.47. The van der Waals surface area contributed by atoms with E-state index in [0.29, 0.717) is 18.6 Å². The van der Waals surface area contributed by atoms with Gasteiger partial charge >= 0.3 is 0 Å². The third-order valence-electron chi connectivity index (χ3n) is 5.60. The Labute approximate surface area is 124 Å². The molecule has 2 aliphatic rings. The van der Waals surface area contributed by atoms with E-state index in [1.54, 1.807) is 0 Å². The quantitative estimate of drug-likeness (QED) is 0.833. The minimum Gasteiger partial charge on any atom is -0.386 e. The van der Waals surface area contributed by atoms with Crippen LogP contribution in [0.5, 0.6) is 0 Å². The van der Waals surface area contributed by atoms with Gasteiger partial charge in [0.25, 0.3) is 0 Å². The summed E-state index contributed by atoms with van der Waals surface area (Å²) in [5.74, 6) is 1.67. The highest BCUT2D eigenvalue weighted by Gasteiger charge is 2.39. The first-order valence-corrected chi connectivity index (χ1v) is 8.36. The Bertz CT molecular complexity index is 305. The summed E-state index contributed by atoms with van der Waals surface area (Å²) < 4.78 is 5.47. The molecule has 0 radical (unpaired) electrons. The van der Waals surface area contributed by atoms with E-state index in [9.17, 15) is 5.11 Å². The molecule has 2 atom stereocenters. The van der Waals surface area contributed by atoms with Gasteiger partial charge in [-0.25, -0.2) is 0 Å². The summed E-state index contributed by atoms with van der Waals surface area (Å²) in [6, 6.07) is 0. The van der Waals surface area contributed by atoms with Gasteiger partial charge < -0.3 is 15.2 Å². The lowest BCUT2D eigenvalue weighted by atomic mass is 9.70. The van der Waals surface area contributed by atoms with Crippen LogP contribution in [0, 0.1) is 17.3 Å². The maximum atomic E-state index is 10.5. The zero-order valence-corrected chi connectivity index (χ0v) is 13.7. The maximum Gasteiger partial charge on any atom is 0.105 e. The smallest absolute Gasteiger partial charge is 0.105 e. The summed E-state index contributed by atoms with van der Waals surface area (Å²) >= 11 is 0. The molecule has 2 fully saturated rings. The highest BCUT2D eigenvalue weighted by atomic mass is 16.5. The molecule has 2 N–H and O–H groups in total. The van der Waals surface area contributed by atoms with Crippen LogP contribution in [0.3, 0.4) is 0 Å². The first kappa shape index (κ1) is 16.3. The summed E-state index contributed by atoms with van der Waals surface area (Å²) in [5.41, 5.74) is -0.188. The van der Waals surface area contributed by atoms with Crippen LogP contribution in [-0.4, -0.2) is 36.5 Å². The van der Waals surface area contributed by atoms with Crippen molar-refractivity contribution < 1.29 is 9.84 Å². The average Bonchev–Trinajstić information content (AvgIpc) is 2.69. The van der Waals surface area contributed by atoms with Gasteiger partial charge in [-0.15, -0.1) is 0 Å². The van der Waals surface area contributed by atoms with Crippen LogP contribution >= 0.6 is 0 Å². The summed E-state index contributed by atoms with van der Waals surface area (Å²) in [5, 5.41) is 13.9. The third kappa shape index (κ3) is 3.96. The van der Waals surface area contributed by atoms with E-state index in [2.05, 4.69) is 26.1 Å². The Morgan fingerprint density at radius 1 is 1.20 bits per heavy atom. The largest absolute Gasteiger partial charge is 0.386 e. The van der Waals surface area contributed by atoms with Crippen molar-refractivity contribution in [2.45, 2.75) is 71.5 Å². The van der Waals surface area contributed by atoms with Crippen molar-refractivity contribution in [2.75, 3.05) is 19.7 Å². The number of hydrogen-bond donors (Lipinski definition) is 2. The summed E-state index contributed by atoms with van der Waals surface area (Å²) in [7, 11) is 0. The van der Waals surface area contributed by atoms with Gasteiger partial charge in [-0.2, -0.15) is 0 Å². The van der Waals surface area contributed by atoms with E-state index in [0.717, 1.165) is 24.8 Å². The number of nitrogens with one attached hydrogen (secondary N) is 1. The molecule has 0 aromatic carbocycles. The Morgan fingerprint density at radius 3 is 2.35 bits per heavy atom. The molecule has 0 aromatic rings. The predicted octanol–water partition coefficient (Wildman–Crippen LogP) is 2.97. The highest BCUT2D eigenvalue weighted by molar-refractivity contribution is 4.92. The maximum absolute atomic E-state index is 10.5. The second kappa shape index (κ2) is 6.33. The summed E-state index contributed by atoms with van der Waals surface area (Å²) in [6.07, 6.45) is 6.11. The fourth-order valence-corrected chi connectivity index (χ4v) is 3.73. The lowest BCUT2D eigenvalue weighted by molar-refractivity contribution is -0.0268. The van der Waals surface area contributed by atoms with Crippen LogP contribution in [0.2, 0.25) is 0 Å². The Hall–Kier alpha value is -0.120. The van der Waals surface area contributed by atoms with Gasteiger partial charge in [-0.1, -0.05) is 20.8 Å². The van der Waals surface area contributed by atoms with E-state index in [1.807, 2.05) is 6.92 Å². The van der Waals surface area contributed by atoms with Gasteiger partial charge in [0.2, 0.25) is 0 Å². The SMILES string of the molecule is CC1OCCC1(O)CNCC1CCC(C(C)(C)C)CC1. The molecule has 1 saturated heterocycles. The molecular formula is C17H33NO2. The van der Waals surface area contributed by atoms with Crippen LogP contribution in [0.4, 0.5) is 0 Å². The van der Waals surface area contributed by atoms with Crippen molar-refractivity contribution in [1.29, 1.82) is 0 Å². The van der Waals surface area contributed by atoms with E-state index >= 15 is 0 Å². The number of aliphatic hydroxyl groups is 1. The van der Waals surface area contributed by atoms with Crippen molar-refractivity contribution in [1.82, 2.24) is 5.32 Å². The van der Waals surface area contributed by atoms with Gasteiger partial charge in [0.15, 0.2) is 0 Å². The molecule has 0 amide bonds. The second-order valence-electron chi connectivity index (χ2n) is 8.08. The molecule has 3 nitrogen and oxygen atoms in total. The molecule has 2 unspecified atom stereocenters. The third-order valence-corrected chi connectivity index (χ3v) is 5.60. The first-order valence-electron chi connectivity index (χ1n) is 8.36. The van der Waals surface area contributed by atoms with Gasteiger partial charge in [0.1, 0.15) is 5.60 Å². The average molecular weight is 283 g/mol. The normalized spacial score (nSPS) is 39.1. The van der Waals surface area contributed by atoms with Gasteiger partial charge in [-0.05, 0) is 56.4 Å². The van der Waals surface area contributed by atoms with Crippen molar-refractivity contribution in [3.63, 3.8) is 0 Å². The van der Waals surface area contributed by atoms with Crippen LogP contribution in [0.1, 0.15) is 59.8 Å². The van der Waals surface area contributed by atoms with E-state index in [1.165, 1.54) is 25.7 Å². The number of hydrogen-bond acceptors (Lipinski definition) is 3. The fourth-order valence-electron chi connectivity index (χ4n) is 3.73. The van der Waals surface area contributed by atoms with E-state index < -0.39 is 5.60 Å².